The number of hydrogen-bond donors (Lipinski definition) is 1. The first kappa shape index (κ1) is 22.8. The topological polar surface area (TPSA) is 66.5 Å². The third kappa shape index (κ3) is 5.86. The Morgan fingerprint density at radius 2 is 1.83 bits per heavy atom. The van der Waals surface area contributed by atoms with Gasteiger partial charge in [0.05, 0.1) is 4.90 Å². The number of carbonyl (C=O) groups is 1. The molecule has 162 valence electrons. The molecule has 1 fully saturated rings. The van der Waals surface area contributed by atoms with E-state index in [1.165, 1.54) is 11.6 Å². The van der Waals surface area contributed by atoms with Crippen molar-refractivity contribution in [2.75, 3.05) is 25.4 Å². The van der Waals surface area contributed by atoms with Crippen LogP contribution in [0.4, 0.5) is 0 Å². The molecule has 1 heterocycles. The molecule has 3 rings (SSSR count). The van der Waals surface area contributed by atoms with Gasteiger partial charge in [-0.2, -0.15) is 16.1 Å². The summed E-state index contributed by atoms with van der Waals surface area (Å²) >= 11 is 1.76. The average molecular weight is 447 g/mol. The Labute approximate surface area is 184 Å². The average Bonchev–Trinajstić information content (AvgIpc) is 2.74. The Balaban J connectivity index is 1.58. The van der Waals surface area contributed by atoms with Crippen LogP contribution >= 0.6 is 11.8 Å². The Hall–Kier alpha value is -1.83. The van der Waals surface area contributed by atoms with E-state index in [2.05, 4.69) is 24.4 Å². The quantitative estimate of drug-likeness (QED) is 0.621. The second-order valence-electron chi connectivity index (χ2n) is 7.86. The van der Waals surface area contributed by atoms with Gasteiger partial charge < -0.3 is 5.32 Å². The van der Waals surface area contributed by atoms with Crippen LogP contribution in [0.2, 0.25) is 0 Å². The molecule has 5 nitrogen and oxygen atoms in total. The number of amides is 1. The number of hydrogen-bond acceptors (Lipinski definition) is 4. The molecule has 0 bridgehead atoms. The van der Waals surface area contributed by atoms with Gasteiger partial charge in [0.1, 0.15) is 0 Å². The number of nitrogens with one attached hydrogen (secondary N) is 1. The van der Waals surface area contributed by atoms with E-state index < -0.39 is 10.0 Å². The molecular formula is C23H30N2O3S2. The van der Waals surface area contributed by atoms with Gasteiger partial charge in [0.15, 0.2) is 0 Å². The number of piperidine rings is 1. The highest BCUT2D eigenvalue weighted by Crippen LogP contribution is 2.25. The van der Waals surface area contributed by atoms with Gasteiger partial charge in [0, 0.05) is 36.7 Å². The minimum absolute atomic E-state index is 0.200. The zero-order valence-corrected chi connectivity index (χ0v) is 19.3. The predicted octanol–water partition coefficient (Wildman–Crippen LogP) is 4.08. The second-order valence-corrected chi connectivity index (χ2v) is 10.9. The molecule has 1 saturated heterocycles. The number of nitrogens with zero attached hydrogens (tertiary/aromatic N) is 1. The van der Waals surface area contributed by atoms with E-state index in [1.54, 1.807) is 28.2 Å². The van der Waals surface area contributed by atoms with Crippen LogP contribution in [0.25, 0.3) is 0 Å². The molecule has 1 aliphatic heterocycles. The molecule has 2 aromatic rings. The predicted molar refractivity (Wildman–Crippen MR) is 123 cm³/mol. The van der Waals surface area contributed by atoms with Crippen molar-refractivity contribution in [1.29, 1.82) is 0 Å². The fourth-order valence-electron chi connectivity index (χ4n) is 3.48. The van der Waals surface area contributed by atoms with Gasteiger partial charge in [-0.15, -0.1) is 0 Å². The number of benzene rings is 2. The molecule has 0 saturated carbocycles. The van der Waals surface area contributed by atoms with Crippen LogP contribution in [0.15, 0.2) is 53.4 Å². The molecule has 0 atom stereocenters. The van der Waals surface area contributed by atoms with Crippen molar-refractivity contribution in [3.63, 3.8) is 0 Å². The van der Waals surface area contributed by atoms with Crippen molar-refractivity contribution >= 4 is 27.7 Å². The van der Waals surface area contributed by atoms with E-state index >= 15 is 0 Å². The van der Waals surface area contributed by atoms with Crippen molar-refractivity contribution in [1.82, 2.24) is 9.62 Å². The van der Waals surface area contributed by atoms with Crippen LogP contribution in [-0.2, 0) is 15.8 Å². The second kappa shape index (κ2) is 10.5. The molecule has 0 aromatic heterocycles. The molecule has 0 spiro atoms. The maximum Gasteiger partial charge on any atom is 0.251 e. The zero-order valence-electron chi connectivity index (χ0n) is 17.6. The van der Waals surface area contributed by atoms with Crippen LogP contribution in [0, 0.1) is 12.8 Å². The van der Waals surface area contributed by atoms with Crippen molar-refractivity contribution in [3.8, 4) is 0 Å². The molecule has 0 aliphatic carbocycles. The molecule has 1 amide bonds. The Morgan fingerprint density at radius 3 is 2.53 bits per heavy atom. The molecule has 0 radical (unpaired) electrons. The fourth-order valence-corrected chi connectivity index (χ4v) is 5.79. The van der Waals surface area contributed by atoms with Gasteiger partial charge >= 0.3 is 0 Å². The van der Waals surface area contributed by atoms with Crippen LogP contribution in [0.3, 0.4) is 0 Å². The SMILES string of the molecule is Cc1ccc(S(=O)(=O)N2CCC(C)CC2)cc1C(=O)NCCSCc1ccccc1. The Bertz CT molecular complexity index is 954. The lowest BCUT2D eigenvalue weighted by Gasteiger charge is -2.29. The summed E-state index contributed by atoms with van der Waals surface area (Å²) in [6.45, 7) is 5.60. The van der Waals surface area contributed by atoms with Crippen molar-refractivity contribution in [3.05, 3.63) is 65.2 Å². The van der Waals surface area contributed by atoms with Crippen LogP contribution < -0.4 is 5.32 Å². The molecule has 0 unspecified atom stereocenters. The summed E-state index contributed by atoms with van der Waals surface area (Å²) in [5.74, 6) is 2.02. The Morgan fingerprint density at radius 1 is 1.13 bits per heavy atom. The Kier molecular flexibility index (Phi) is 7.97. The highest BCUT2D eigenvalue weighted by Gasteiger charge is 2.28. The van der Waals surface area contributed by atoms with Crippen LogP contribution in [-0.4, -0.2) is 44.0 Å². The van der Waals surface area contributed by atoms with E-state index in [1.807, 2.05) is 25.1 Å². The van der Waals surface area contributed by atoms with Crippen molar-refractivity contribution < 1.29 is 13.2 Å². The van der Waals surface area contributed by atoms with E-state index in [9.17, 15) is 13.2 Å². The standard InChI is InChI=1S/C23H30N2O3S2/c1-18-10-13-25(14-11-18)30(27,28)21-9-8-19(2)22(16-21)23(26)24-12-15-29-17-20-6-4-3-5-7-20/h3-9,16,18H,10-15,17H2,1-2H3,(H,24,26). The molecule has 7 heteroatoms. The minimum atomic E-state index is -3.57. The normalized spacial score (nSPS) is 15.8. The van der Waals surface area contributed by atoms with Gasteiger partial charge in [-0.05, 0) is 48.9 Å². The van der Waals surface area contributed by atoms with Gasteiger partial charge in [-0.25, -0.2) is 8.42 Å². The lowest BCUT2D eigenvalue weighted by molar-refractivity contribution is 0.0955. The number of carbonyl (C=O) groups excluding carboxylic acids is 1. The molecule has 1 N–H and O–H groups in total. The smallest absolute Gasteiger partial charge is 0.251 e. The number of sulfonamides is 1. The monoisotopic (exact) mass is 446 g/mol. The van der Waals surface area contributed by atoms with Crippen molar-refractivity contribution in [2.45, 2.75) is 37.3 Å². The van der Waals surface area contributed by atoms with Gasteiger partial charge in [-0.1, -0.05) is 43.3 Å². The molecular weight excluding hydrogens is 416 g/mol. The summed E-state index contributed by atoms with van der Waals surface area (Å²) < 4.78 is 27.6. The lowest BCUT2D eigenvalue weighted by Crippen LogP contribution is -2.38. The third-order valence-electron chi connectivity index (χ3n) is 5.48. The lowest BCUT2D eigenvalue weighted by atomic mass is 10.0. The largest absolute Gasteiger partial charge is 0.351 e. The van der Waals surface area contributed by atoms with E-state index in [-0.39, 0.29) is 10.8 Å². The zero-order chi connectivity index (χ0) is 21.6. The number of rotatable bonds is 8. The molecule has 2 aromatic carbocycles. The fraction of sp³-hybridized carbons (Fsp3) is 0.435. The molecule has 1 aliphatic rings. The minimum Gasteiger partial charge on any atom is -0.351 e. The molecule has 30 heavy (non-hydrogen) atoms. The van der Waals surface area contributed by atoms with Crippen LogP contribution in [0.1, 0.15) is 41.3 Å². The van der Waals surface area contributed by atoms with Crippen LogP contribution in [0.5, 0.6) is 0 Å². The summed E-state index contributed by atoms with van der Waals surface area (Å²) in [6, 6.07) is 15.1. The van der Waals surface area contributed by atoms with Gasteiger partial charge in [0.2, 0.25) is 10.0 Å². The first-order valence-corrected chi connectivity index (χ1v) is 13.0. The maximum atomic E-state index is 13.0. The first-order chi connectivity index (χ1) is 14.4. The van der Waals surface area contributed by atoms with E-state index in [4.69, 9.17) is 0 Å². The number of thioether (sulfide) groups is 1. The van der Waals surface area contributed by atoms with E-state index in [0.717, 1.165) is 29.9 Å². The van der Waals surface area contributed by atoms with Crippen molar-refractivity contribution in [2.24, 2.45) is 5.92 Å². The van der Waals surface area contributed by atoms with Gasteiger partial charge in [0.25, 0.3) is 5.91 Å². The summed E-state index contributed by atoms with van der Waals surface area (Å²) in [6.07, 6.45) is 1.75. The summed E-state index contributed by atoms with van der Waals surface area (Å²) in [7, 11) is -3.57. The third-order valence-corrected chi connectivity index (χ3v) is 8.40. The number of aryl methyl sites for hydroxylation is 1. The summed E-state index contributed by atoms with van der Waals surface area (Å²) in [5.41, 5.74) is 2.46. The van der Waals surface area contributed by atoms with E-state index in [0.29, 0.717) is 31.1 Å². The summed E-state index contributed by atoms with van der Waals surface area (Å²) in [5, 5.41) is 2.92. The first-order valence-electron chi connectivity index (χ1n) is 10.4. The summed E-state index contributed by atoms with van der Waals surface area (Å²) in [4.78, 5) is 12.9. The highest BCUT2D eigenvalue weighted by atomic mass is 32.2. The maximum absolute atomic E-state index is 13.0. The highest BCUT2D eigenvalue weighted by molar-refractivity contribution is 7.98. The van der Waals surface area contributed by atoms with Gasteiger partial charge in [-0.3, -0.25) is 4.79 Å².